The Balaban J connectivity index is 2.00. The fourth-order valence-corrected chi connectivity index (χ4v) is 0.963. The Labute approximate surface area is 69.2 Å². The topological polar surface area (TPSA) is 66.4 Å². The number of nitrogens with zero attached hydrogens (tertiary/aromatic N) is 4. The summed E-state index contributed by atoms with van der Waals surface area (Å²) in [6.45, 7) is 0.517. The molecule has 0 atom stereocenters. The lowest BCUT2D eigenvalue weighted by atomic mass is 10.4. The summed E-state index contributed by atoms with van der Waals surface area (Å²) in [5.74, 6) is 1.44. The van der Waals surface area contributed by atoms with Gasteiger partial charge in [-0.25, -0.2) is 0 Å². The van der Waals surface area contributed by atoms with Gasteiger partial charge in [0.2, 0.25) is 5.90 Å². The first-order valence-corrected chi connectivity index (χ1v) is 3.61. The van der Waals surface area contributed by atoms with Crippen molar-refractivity contribution in [1.29, 1.82) is 0 Å². The van der Waals surface area contributed by atoms with Crippen LogP contribution in [-0.2, 0) is 11.2 Å². The van der Waals surface area contributed by atoms with Gasteiger partial charge in [0.15, 0.2) is 6.73 Å². The summed E-state index contributed by atoms with van der Waals surface area (Å²) in [6, 6.07) is 0. The number of hydrogen-bond acceptors (Lipinski definition) is 5. The molecule has 12 heavy (non-hydrogen) atoms. The van der Waals surface area contributed by atoms with E-state index in [4.69, 9.17) is 4.74 Å². The molecule has 0 aromatic carbocycles. The van der Waals surface area contributed by atoms with Crippen molar-refractivity contribution in [3.05, 3.63) is 12.2 Å². The normalized spacial score (nSPS) is 16.1. The molecule has 1 N–H and O–H groups in total. The largest absolute Gasteiger partial charge is 0.456 e. The molecule has 6 nitrogen and oxygen atoms in total. The molecule has 1 aliphatic heterocycles. The average Bonchev–Trinajstić information content (AvgIpc) is 2.63. The lowest BCUT2D eigenvalue weighted by Gasteiger charge is -1.98. The minimum Gasteiger partial charge on any atom is -0.456 e. The molecule has 0 spiro atoms. The van der Waals surface area contributed by atoms with Crippen LogP contribution in [0.15, 0.2) is 11.4 Å². The molecule has 1 aromatic rings. The highest BCUT2D eigenvalue weighted by Crippen LogP contribution is 2.02. The van der Waals surface area contributed by atoms with Crippen LogP contribution in [0.2, 0.25) is 0 Å². The maximum atomic E-state index is 5.23. The zero-order valence-electron chi connectivity index (χ0n) is 6.69. The summed E-state index contributed by atoms with van der Waals surface area (Å²) in [6.07, 6.45) is 2.11. The van der Waals surface area contributed by atoms with E-state index in [2.05, 4.69) is 20.3 Å². The van der Waals surface area contributed by atoms with E-state index in [1.54, 1.807) is 5.01 Å². The molecule has 0 amide bonds. The molecule has 64 valence electrons. The van der Waals surface area contributed by atoms with Crippen LogP contribution in [0.4, 0.5) is 0 Å². The van der Waals surface area contributed by atoms with E-state index in [0.717, 1.165) is 5.82 Å². The van der Waals surface area contributed by atoms with Gasteiger partial charge in [0.1, 0.15) is 12.2 Å². The molecule has 0 aliphatic carbocycles. The van der Waals surface area contributed by atoms with Crippen molar-refractivity contribution in [3.8, 4) is 0 Å². The minimum atomic E-state index is 0.517. The molecule has 1 aliphatic rings. The second kappa shape index (κ2) is 2.80. The second-order valence-corrected chi connectivity index (χ2v) is 2.54. The summed E-state index contributed by atoms with van der Waals surface area (Å²) < 4.78 is 5.23. The Morgan fingerprint density at radius 3 is 3.25 bits per heavy atom. The van der Waals surface area contributed by atoms with Gasteiger partial charge in [-0.15, -0.1) is 15.3 Å². The number of rotatable bonds is 2. The van der Waals surface area contributed by atoms with Crippen LogP contribution in [0.3, 0.4) is 0 Å². The standard InChI is InChI=1S/C6H9N5O/c1-11-4-12-6(10-11)2-5-7-3-8-9-5/h3H,2,4H2,1H3,(H,7,8,9). The third-order valence-corrected chi connectivity index (χ3v) is 1.49. The summed E-state index contributed by atoms with van der Waals surface area (Å²) in [5.41, 5.74) is 0. The molecule has 0 bridgehead atoms. The summed E-state index contributed by atoms with van der Waals surface area (Å²) in [4.78, 5) is 2.88. The first kappa shape index (κ1) is 7.08. The lowest BCUT2D eigenvalue weighted by Crippen LogP contribution is -2.07. The third-order valence-electron chi connectivity index (χ3n) is 1.49. The number of hydrazone groups is 1. The van der Waals surface area contributed by atoms with Crippen molar-refractivity contribution in [2.75, 3.05) is 13.8 Å². The van der Waals surface area contributed by atoms with Gasteiger partial charge in [0.05, 0.1) is 6.42 Å². The smallest absolute Gasteiger partial charge is 0.215 e. The number of aromatic amines is 1. The molecule has 0 fully saturated rings. The number of ether oxygens (including phenoxy) is 1. The van der Waals surface area contributed by atoms with E-state index in [1.807, 2.05) is 7.05 Å². The Hall–Kier alpha value is -1.59. The van der Waals surface area contributed by atoms with Crippen LogP contribution < -0.4 is 0 Å². The molecule has 0 unspecified atom stereocenters. The Kier molecular flexibility index (Phi) is 1.65. The minimum absolute atomic E-state index is 0.517. The Bertz CT molecular complexity index is 280. The van der Waals surface area contributed by atoms with Crippen LogP contribution in [-0.4, -0.2) is 39.9 Å². The van der Waals surface area contributed by atoms with Gasteiger partial charge in [-0.3, -0.25) is 5.01 Å². The van der Waals surface area contributed by atoms with E-state index in [1.165, 1.54) is 6.33 Å². The van der Waals surface area contributed by atoms with E-state index < -0.39 is 0 Å². The van der Waals surface area contributed by atoms with Crippen LogP contribution in [0.5, 0.6) is 0 Å². The van der Waals surface area contributed by atoms with Crippen molar-refractivity contribution in [1.82, 2.24) is 20.2 Å². The molecule has 0 saturated carbocycles. The van der Waals surface area contributed by atoms with Crippen molar-refractivity contribution < 1.29 is 4.74 Å². The third kappa shape index (κ3) is 1.36. The number of nitrogens with one attached hydrogen (secondary N) is 1. The number of aromatic nitrogens is 3. The zero-order valence-corrected chi connectivity index (χ0v) is 6.69. The predicted octanol–water partition coefficient (Wildman–Crippen LogP) is -0.420. The van der Waals surface area contributed by atoms with E-state index in [9.17, 15) is 0 Å². The summed E-state index contributed by atoms with van der Waals surface area (Å²) >= 11 is 0. The van der Waals surface area contributed by atoms with Crippen molar-refractivity contribution >= 4 is 5.90 Å². The van der Waals surface area contributed by atoms with E-state index >= 15 is 0 Å². The number of hydrogen-bond donors (Lipinski definition) is 1. The highest BCUT2D eigenvalue weighted by Gasteiger charge is 2.13. The summed E-state index contributed by atoms with van der Waals surface area (Å²) in [5, 5.41) is 13.3. The SMILES string of the molecule is CN1COC(Cc2nnc[nH]2)=N1. The van der Waals surface area contributed by atoms with Gasteiger partial charge in [-0.1, -0.05) is 0 Å². The second-order valence-electron chi connectivity index (χ2n) is 2.54. The van der Waals surface area contributed by atoms with Crippen LogP contribution >= 0.6 is 0 Å². The fourth-order valence-electron chi connectivity index (χ4n) is 0.963. The Morgan fingerprint density at radius 2 is 2.67 bits per heavy atom. The van der Waals surface area contributed by atoms with E-state index in [-0.39, 0.29) is 0 Å². The molecule has 2 heterocycles. The van der Waals surface area contributed by atoms with Crippen LogP contribution in [0, 0.1) is 0 Å². The molecular formula is C6H9N5O. The number of H-pyrrole nitrogens is 1. The monoisotopic (exact) mass is 167 g/mol. The maximum Gasteiger partial charge on any atom is 0.215 e. The summed E-state index contributed by atoms with van der Waals surface area (Å²) in [7, 11) is 1.85. The first-order chi connectivity index (χ1) is 5.84. The van der Waals surface area contributed by atoms with Gasteiger partial charge in [0, 0.05) is 7.05 Å². The first-order valence-electron chi connectivity index (χ1n) is 3.61. The maximum absolute atomic E-state index is 5.23. The predicted molar refractivity (Wildman–Crippen MR) is 41.2 cm³/mol. The Morgan fingerprint density at radius 1 is 1.75 bits per heavy atom. The highest BCUT2D eigenvalue weighted by atomic mass is 16.5. The van der Waals surface area contributed by atoms with Crippen LogP contribution in [0.25, 0.3) is 0 Å². The van der Waals surface area contributed by atoms with Crippen molar-refractivity contribution in [2.45, 2.75) is 6.42 Å². The van der Waals surface area contributed by atoms with Gasteiger partial charge < -0.3 is 9.72 Å². The lowest BCUT2D eigenvalue weighted by molar-refractivity contribution is 0.196. The highest BCUT2D eigenvalue weighted by molar-refractivity contribution is 5.78. The van der Waals surface area contributed by atoms with Gasteiger partial charge in [-0.2, -0.15) is 0 Å². The van der Waals surface area contributed by atoms with Crippen LogP contribution in [0.1, 0.15) is 5.82 Å². The molecule has 0 radical (unpaired) electrons. The molecule has 6 heteroatoms. The zero-order chi connectivity index (χ0) is 8.39. The van der Waals surface area contributed by atoms with Gasteiger partial charge in [-0.05, 0) is 0 Å². The molecular weight excluding hydrogens is 158 g/mol. The molecule has 1 aromatic heterocycles. The van der Waals surface area contributed by atoms with Crippen molar-refractivity contribution in [2.24, 2.45) is 5.10 Å². The van der Waals surface area contributed by atoms with Gasteiger partial charge in [0.25, 0.3) is 0 Å². The molecule has 2 rings (SSSR count). The quantitative estimate of drug-likeness (QED) is 0.649. The van der Waals surface area contributed by atoms with Crippen molar-refractivity contribution in [3.63, 3.8) is 0 Å². The fraction of sp³-hybridized carbons (Fsp3) is 0.500. The van der Waals surface area contributed by atoms with Gasteiger partial charge >= 0.3 is 0 Å². The van der Waals surface area contributed by atoms with E-state index in [0.29, 0.717) is 19.0 Å². The molecule has 0 saturated heterocycles. The average molecular weight is 167 g/mol.